The molecule has 0 amide bonds. The van der Waals surface area contributed by atoms with Crippen molar-refractivity contribution in [2.45, 2.75) is 70.5 Å². The SMILES string of the molecule is C[C@@]12C(=O)CC[C@H]1[C@@H]1CCC3=CC(=O)CC[C@]3(C)[C@]13C[C@H]2O3. The molecule has 6 aliphatic rings. The third-order valence-electron chi connectivity index (χ3n) is 8.22. The van der Waals surface area contributed by atoms with E-state index in [9.17, 15) is 9.59 Å². The van der Waals surface area contributed by atoms with Crippen LogP contribution in [0.3, 0.4) is 0 Å². The van der Waals surface area contributed by atoms with E-state index in [1.807, 2.05) is 6.08 Å². The van der Waals surface area contributed by atoms with Gasteiger partial charge in [-0.25, -0.2) is 0 Å². The molecule has 2 bridgehead atoms. The van der Waals surface area contributed by atoms with E-state index in [0.29, 0.717) is 24.0 Å². The highest BCUT2D eigenvalue weighted by Crippen LogP contribution is 2.73. The maximum atomic E-state index is 12.5. The van der Waals surface area contributed by atoms with Crippen molar-refractivity contribution < 1.29 is 14.3 Å². The highest BCUT2D eigenvalue weighted by Gasteiger charge is 2.76. The van der Waals surface area contributed by atoms with Crippen LogP contribution in [0.15, 0.2) is 11.6 Å². The summed E-state index contributed by atoms with van der Waals surface area (Å²) in [5.41, 5.74) is 1.03. The van der Waals surface area contributed by atoms with Crippen LogP contribution in [0.25, 0.3) is 0 Å². The topological polar surface area (TPSA) is 43.4 Å². The fourth-order valence-electron chi connectivity index (χ4n) is 6.82. The highest BCUT2D eigenvalue weighted by atomic mass is 16.5. The number of carbonyl (C=O) groups is 2. The van der Waals surface area contributed by atoms with Gasteiger partial charge < -0.3 is 4.74 Å². The Hall–Kier alpha value is -0.960. The summed E-state index contributed by atoms with van der Waals surface area (Å²) in [4.78, 5) is 24.4. The summed E-state index contributed by atoms with van der Waals surface area (Å²) in [5.74, 6) is 1.73. The van der Waals surface area contributed by atoms with Crippen LogP contribution in [0.1, 0.15) is 58.8 Å². The van der Waals surface area contributed by atoms with Crippen LogP contribution in [0.4, 0.5) is 0 Å². The lowest BCUT2D eigenvalue weighted by molar-refractivity contribution is -0.361. The number of ether oxygens (including phenoxy) is 1. The molecule has 3 saturated carbocycles. The molecule has 0 N–H and O–H groups in total. The van der Waals surface area contributed by atoms with Gasteiger partial charge in [-0.05, 0) is 50.5 Å². The number of hydrogen-bond donors (Lipinski definition) is 0. The van der Waals surface area contributed by atoms with Crippen molar-refractivity contribution in [3.8, 4) is 0 Å². The smallest absolute Gasteiger partial charge is 0.155 e. The zero-order valence-electron chi connectivity index (χ0n) is 13.5. The van der Waals surface area contributed by atoms with Crippen molar-refractivity contribution >= 4 is 11.6 Å². The van der Waals surface area contributed by atoms with Gasteiger partial charge in [0.05, 0.1) is 17.1 Å². The van der Waals surface area contributed by atoms with Crippen LogP contribution in [0.2, 0.25) is 0 Å². The van der Waals surface area contributed by atoms with E-state index in [-0.39, 0.29) is 28.3 Å². The maximum absolute atomic E-state index is 12.5. The van der Waals surface area contributed by atoms with Crippen molar-refractivity contribution in [1.29, 1.82) is 0 Å². The van der Waals surface area contributed by atoms with E-state index < -0.39 is 0 Å². The molecule has 0 aromatic heterocycles. The van der Waals surface area contributed by atoms with Crippen molar-refractivity contribution in [2.24, 2.45) is 22.7 Å². The molecule has 22 heavy (non-hydrogen) atoms. The van der Waals surface area contributed by atoms with Crippen molar-refractivity contribution in [1.82, 2.24) is 0 Å². The van der Waals surface area contributed by atoms with Crippen molar-refractivity contribution in [2.75, 3.05) is 0 Å². The van der Waals surface area contributed by atoms with Gasteiger partial charge >= 0.3 is 0 Å². The van der Waals surface area contributed by atoms with Crippen LogP contribution in [0.5, 0.6) is 0 Å². The third-order valence-corrected chi connectivity index (χ3v) is 8.22. The van der Waals surface area contributed by atoms with Crippen LogP contribution in [-0.4, -0.2) is 23.3 Å². The van der Waals surface area contributed by atoms with Gasteiger partial charge in [0.2, 0.25) is 0 Å². The lowest BCUT2D eigenvalue weighted by atomic mass is 9.41. The number of carbonyl (C=O) groups excluding carboxylic acids is 2. The first-order chi connectivity index (χ1) is 10.4. The van der Waals surface area contributed by atoms with E-state index in [2.05, 4.69) is 13.8 Å². The lowest BCUT2D eigenvalue weighted by Gasteiger charge is -2.73. The van der Waals surface area contributed by atoms with Gasteiger partial charge in [0.25, 0.3) is 0 Å². The Balaban J connectivity index is 1.62. The molecule has 3 nitrogen and oxygen atoms in total. The van der Waals surface area contributed by atoms with E-state index >= 15 is 0 Å². The quantitative estimate of drug-likeness (QED) is 0.690. The van der Waals surface area contributed by atoms with Crippen LogP contribution >= 0.6 is 0 Å². The molecular weight excluding hydrogens is 276 g/mol. The van der Waals surface area contributed by atoms with Gasteiger partial charge in [-0.2, -0.15) is 0 Å². The molecular formula is C19H24O3. The number of fused-ring (bicyclic) bond motifs is 1. The molecule has 1 spiro atoms. The molecule has 2 heterocycles. The summed E-state index contributed by atoms with van der Waals surface area (Å²) in [6.45, 7) is 4.49. The maximum Gasteiger partial charge on any atom is 0.155 e. The molecule has 0 aromatic rings. The van der Waals surface area contributed by atoms with Crippen molar-refractivity contribution in [3.05, 3.63) is 11.6 Å². The Labute approximate surface area is 131 Å². The average molecular weight is 300 g/mol. The average Bonchev–Trinajstić information content (AvgIpc) is 2.75. The first-order valence-corrected chi connectivity index (χ1v) is 8.87. The molecule has 0 aromatic carbocycles. The van der Waals surface area contributed by atoms with Gasteiger partial charge in [-0.1, -0.05) is 12.5 Å². The number of hydrogen-bond acceptors (Lipinski definition) is 3. The van der Waals surface area contributed by atoms with Gasteiger partial charge in [-0.15, -0.1) is 0 Å². The zero-order chi connectivity index (χ0) is 15.3. The molecule has 4 aliphatic carbocycles. The van der Waals surface area contributed by atoms with Gasteiger partial charge in [0.15, 0.2) is 5.78 Å². The molecule has 6 atom stereocenters. The zero-order valence-corrected chi connectivity index (χ0v) is 13.5. The van der Waals surface area contributed by atoms with E-state index in [1.54, 1.807) is 0 Å². The molecule has 3 heteroatoms. The summed E-state index contributed by atoms with van der Waals surface area (Å²) >= 11 is 0. The molecule has 0 unspecified atom stereocenters. The highest BCUT2D eigenvalue weighted by molar-refractivity contribution is 5.92. The molecule has 118 valence electrons. The predicted octanol–water partition coefficient (Wildman–Crippen LogP) is 3.22. The normalized spacial score (nSPS) is 55.7. The van der Waals surface area contributed by atoms with E-state index in [0.717, 1.165) is 38.5 Å². The fourth-order valence-corrected chi connectivity index (χ4v) is 6.82. The molecule has 6 rings (SSSR count). The molecule has 2 aliphatic heterocycles. The second-order valence-corrected chi connectivity index (χ2v) is 8.66. The summed E-state index contributed by atoms with van der Waals surface area (Å²) in [7, 11) is 0. The second kappa shape index (κ2) is 3.75. The number of ketones is 2. The first-order valence-electron chi connectivity index (χ1n) is 8.87. The third kappa shape index (κ3) is 1.19. The largest absolute Gasteiger partial charge is 0.369 e. The number of Topliss-reactive ketones (excluding diaryl/α,β-unsaturated/α-hetero) is 1. The second-order valence-electron chi connectivity index (χ2n) is 8.66. The minimum Gasteiger partial charge on any atom is -0.369 e. The Morgan fingerprint density at radius 2 is 1.82 bits per heavy atom. The summed E-state index contributed by atoms with van der Waals surface area (Å²) in [6.07, 6.45) is 8.55. The molecule has 5 fully saturated rings. The minimum atomic E-state index is -0.228. The summed E-state index contributed by atoms with van der Waals surface area (Å²) in [6, 6.07) is 0. The van der Waals surface area contributed by atoms with Gasteiger partial charge in [0, 0.05) is 24.7 Å². The lowest BCUT2D eigenvalue weighted by Crippen LogP contribution is -2.77. The van der Waals surface area contributed by atoms with Crippen LogP contribution in [-0.2, 0) is 14.3 Å². The Morgan fingerprint density at radius 3 is 2.59 bits per heavy atom. The number of rotatable bonds is 0. The summed E-state index contributed by atoms with van der Waals surface area (Å²) < 4.78 is 6.59. The molecule has 2 saturated heterocycles. The van der Waals surface area contributed by atoms with Crippen molar-refractivity contribution in [3.63, 3.8) is 0 Å². The van der Waals surface area contributed by atoms with Gasteiger partial charge in [-0.3, -0.25) is 9.59 Å². The van der Waals surface area contributed by atoms with Crippen LogP contribution < -0.4 is 0 Å². The minimum absolute atomic E-state index is 0.0211. The monoisotopic (exact) mass is 300 g/mol. The fraction of sp³-hybridized carbons (Fsp3) is 0.789. The standard InChI is InChI=1S/C19H24O3/c1-17-8-7-12(20)9-11(17)3-4-14-13-5-6-15(21)18(13,2)16-10-19(14,17)22-16/h9,13-14,16H,3-8,10H2,1-2H3/t13-,14-,16+,17-,18-,19-/m0/s1. The first kappa shape index (κ1) is 13.5. The predicted molar refractivity (Wildman–Crippen MR) is 81.2 cm³/mol. The summed E-state index contributed by atoms with van der Waals surface area (Å²) in [5, 5.41) is 0. The molecule has 0 radical (unpaired) electrons. The van der Waals surface area contributed by atoms with Crippen LogP contribution in [0, 0.1) is 22.7 Å². The van der Waals surface area contributed by atoms with E-state index in [4.69, 9.17) is 4.74 Å². The Morgan fingerprint density at radius 1 is 1.09 bits per heavy atom. The van der Waals surface area contributed by atoms with E-state index in [1.165, 1.54) is 5.57 Å². The van der Waals surface area contributed by atoms with Gasteiger partial charge in [0.1, 0.15) is 5.78 Å². The Kier molecular flexibility index (Phi) is 2.29. The Bertz CT molecular complexity index is 627.